The van der Waals surface area contributed by atoms with Crippen molar-refractivity contribution in [1.29, 1.82) is 0 Å². The Morgan fingerprint density at radius 1 is 1.13 bits per heavy atom. The number of carbonyl (C=O) groups excluding carboxylic acids is 1. The fraction of sp³-hybridized carbons (Fsp3) is 0.500. The summed E-state index contributed by atoms with van der Waals surface area (Å²) in [6.45, 7) is 4.63. The van der Waals surface area contributed by atoms with Gasteiger partial charge in [-0.2, -0.15) is 4.31 Å². The first kappa shape index (κ1) is 22.4. The Bertz CT molecular complexity index is 1040. The van der Waals surface area contributed by atoms with Gasteiger partial charge in [-0.25, -0.2) is 8.42 Å². The van der Waals surface area contributed by atoms with Crippen molar-refractivity contribution in [3.8, 4) is 10.4 Å². The summed E-state index contributed by atoms with van der Waals surface area (Å²) in [6, 6.07) is 8.93. The molecule has 168 valence electrons. The van der Waals surface area contributed by atoms with Gasteiger partial charge in [0.05, 0.1) is 18.1 Å². The molecular formula is C22H28N2O5S2. The zero-order valence-electron chi connectivity index (χ0n) is 17.6. The van der Waals surface area contributed by atoms with Crippen LogP contribution in [0.2, 0.25) is 0 Å². The maximum absolute atomic E-state index is 13.3. The number of piperidine rings is 1. The number of aryl methyl sites for hydroxylation is 1. The number of morpholine rings is 1. The first-order chi connectivity index (χ1) is 14.9. The summed E-state index contributed by atoms with van der Waals surface area (Å²) in [7, 11) is -3.73. The van der Waals surface area contributed by atoms with E-state index in [2.05, 4.69) is 0 Å². The maximum Gasteiger partial charge on any atom is 0.253 e. The van der Waals surface area contributed by atoms with Crippen molar-refractivity contribution < 1.29 is 23.1 Å². The molecule has 7 nitrogen and oxygen atoms in total. The number of hydrogen-bond donors (Lipinski definition) is 1. The maximum atomic E-state index is 13.3. The fourth-order valence-electron chi connectivity index (χ4n) is 4.04. The number of hydrogen-bond acceptors (Lipinski definition) is 6. The summed E-state index contributed by atoms with van der Waals surface area (Å²) >= 11 is 1.57. The van der Waals surface area contributed by atoms with Crippen LogP contribution in [0.15, 0.2) is 35.2 Å². The first-order valence-electron chi connectivity index (χ1n) is 10.6. The van der Waals surface area contributed by atoms with Gasteiger partial charge in [-0.15, -0.1) is 11.3 Å². The molecule has 9 heteroatoms. The third-order valence-electron chi connectivity index (χ3n) is 5.95. The molecule has 2 aliphatic heterocycles. The molecule has 3 heterocycles. The van der Waals surface area contributed by atoms with Crippen LogP contribution in [0.1, 0.15) is 28.1 Å². The highest BCUT2D eigenvalue weighted by Gasteiger charge is 2.29. The number of likely N-dealkylation sites (tertiary alicyclic amines) is 1. The molecule has 0 spiro atoms. The van der Waals surface area contributed by atoms with E-state index in [4.69, 9.17) is 4.74 Å². The molecule has 0 unspecified atom stereocenters. The third kappa shape index (κ3) is 4.85. The van der Waals surface area contributed by atoms with Gasteiger partial charge in [0, 0.05) is 48.1 Å². The zero-order chi connectivity index (χ0) is 22.0. The van der Waals surface area contributed by atoms with Crippen LogP contribution in [-0.2, 0) is 14.8 Å². The minimum Gasteiger partial charge on any atom is -0.396 e. The lowest BCUT2D eigenvalue weighted by Gasteiger charge is -2.31. The summed E-state index contributed by atoms with van der Waals surface area (Å²) in [5.41, 5.74) is 1.12. The van der Waals surface area contributed by atoms with Crippen LogP contribution in [0, 0.1) is 12.8 Å². The first-order valence-corrected chi connectivity index (χ1v) is 12.8. The summed E-state index contributed by atoms with van der Waals surface area (Å²) in [6.07, 6.45) is 1.51. The van der Waals surface area contributed by atoms with Gasteiger partial charge in [-0.3, -0.25) is 4.79 Å². The number of sulfonamides is 1. The lowest BCUT2D eigenvalue weighted by atomic mass is 9.97. The van der Waals surface area contributed by atoms with Crippen LogP contribution in [-0.4, -0.2) is 74.6 Å². The average Bonchev–Trinajstić information content (AvgIpc) is 3.25. The standard InChI is InChI=1S/C22H28N2O5S2/c1-16-2-3-21(30-16)18-12-19(22(26)23-6-4-17(15-25)5-7-23)14-20(13-18)31(27,28)24-8-10-29-11-9-24/h2-3,12-14,17,25H,4-11,15H2,1H3. The quantitative estimate of drug-likeness (QED) is 0.735. The van der Waals surface area contributed by atoms with Crippen LogP contribution in [0.4, 0.5) is 0 Å². The molecule has 0 atom stereocenters. The van der Waals surface area contributed by atoms with E-state index >= 15 is 0 Å². The van der Waals surface area contributed by atoms with Crippen LogP contribution in [0.25, 0.3) is 10.4 Å². The van der Waals surface area contributed by atoms with Crippen molar-refractivity contribution in [2.75, 3.05) is 46.0 Å². The van der Waals surface area contributed by atoms with E-state index in [1.807, 2.05) is 19.1 Å². The van der Waals surface area contributed by atoms with Gasteiger partial charge in [-0.05, 0) is 61.6 Å². The monoisotopic (exact) mass is 464 g/mol. The smallest absolute Gasteiger partial charge is 0.253 e. The Kier molecular flexibility index (Phi) is 6.78. The largest absolute Gasteiger partial charge is 0.396 e. The predicted octanol–water partition coefficient (Wildman–Crippen LogP) is 2.59. The molecule has 2 fully saturated rings. The number of carbonyl (C=O) groups is 1. The lowest BCUT2D eigenvalue weighted by Crippen LogP contribution is -2.41. The molecule has 1 amide bonds. The van der Waals surface area contributed by atoms with Crippen molar-refractivity contribution in [2.45, 2.75) is 24.7 Å². The van der Waals surface area contributed by atoms with Crippen LogP contribution >= 0.6 is 11.3 Å². The second-order valence-corrected chi connectivity index (χ2v) is 11.3. The van der Waals surface area contributed by atoms with Crippen LogP contribution in [0.5, 0.6) is 0 Å². The lowest BCUT2D eigenvalue weighted by molar-refractivity contribution is 0.0650. The molecule has 1 N–H and O–H groups in total. The number of aliphatic hydroxyl groups excluding tert-OH is 1. The van der Waals surface area contributed by atoms with Gasteiger partial charge in [0.15, 0.2) is 0 Å². The highest BCUT2D eigenvalue weighted by molar-refractivity contribution is 7.89. The third-order valence-corrected chi connectivity index (χ3v) is 8.87. The van der Waals surface area contributed by atoms with Crippen molar-refractivity contribution in [3.05, 3.63) is 40.8 Å². The van der Waals surface area contributed by atoms with Crippen LogP contribution in [0.3, 0.4) is 0 Å². The van der Waals surface area contributed by atoms with Gasteiger partial charge < -0.3 is 14.7 Å². The number of thiophene rings is 1. The van der Waals surface area contributed by atoms with E-state index in [-0.39, 0.29) is 23.3 Å². The molecule has 0 bridgehead atoms. The summed E-state index contributed by atoms with van der Waals surface area (Å²) < 4.78 is 33.4. The topological polar surface area (TPSA) is 87.2 Å². The molecule has 2 saturated heterocycles. The van der Waals surface area contributed by atoms with Crippen molar-refractivity contribution in [3.63, 3.8) is 0 Å². The van der Waals surface area contributed by atoms with Gasteiger partial charge in [0.2, 0.25) is 10.0 Å². The summed E-state index contributed by atoms with van der Waals surface area (Å²) in [5, 5.41) is 9.36. The summed E-state index contributed by atoms with van der Waals surface area (Å²) in [4.78, 5) is 17.2. The Morgan fingerprint density at radius 2 is 1.84 bits per heavy atom. The van der Waals surface area contributed by atoms with Gasteiger partial charge >= 0.3 is 0 Å². The second kappa shape index (κ2) is 9.38. The highest BCUT2D eigenvalue weighted by Crippen LogP contribution is 2.32. The predicted molar refractivity (Wildman–Crippen MR) is 120 cm³/mol. The number of benzene rings is 1. The van der Waals surface area contributed by atoms with Crippen molar-refractivity contribution in [2.24, 2.45) is 5.92 Å². The average molecular weight is 465 g/mol. The van der Waals surface area contributed by atoms with E-state index in [1.54, 1.807) is 28.4 Å². The Labute approximate surface area is 187 Å². The second-order valence-electron chi connectivity index (χ2n) is 8.09. The number of nitrogens with zero attached hydrogens (tertiary/aromatic N) is 2. The Morgan fingerprint density at radius 3 is 2.45 bits per heavy atom. The molecule has 2 aliphatic rings. The SMILES string of the molecule is Cc1ccc(-c2cc(C(=O)N3CCC(CO)CC3)cc(S(=O)(=O)N3CCOCC3)c2)s1. The number of ether oxygens (including phenoxy) is 1. The normalized spacial score (nSPS) is 19.0. The zero-order valence-corrected chi connectivity index (χ0v) is 19.3. The minimum absolute atomic E-state index is 0.136. The molecule has 1 aromatic carbocycles. The molecule has 1 aromatic heterocycles. The molecule has 4 rings (SSSR count). The highest BCUT2D eigenvalue weighted by atomic mass is 32.2. The molecule has 2 aromatic rings. The molecule has 0 aliphatic carbocycles. The number of rotatable bonds is 5. The van der Waals surface area contributed by atoms with Crippen molar-refractivity contribution >= 4 is 27.3 Å². The molecular weight excluding hydrogens is 436 g/mol. The minimum atomic E-state index is -3.73. The summed E-state index contributed by atoms with van der Waals surface area (Å²) in [5.74, 6) is 0.0617. The van der Waals surface area contributed by atoms with Crippen LogP contribution < -0.4 is 0 Å². The molecule has 0 radical (unpaired) electrons. The Balaban J connectivity index is 1.71. The number of amides is 1. The van der Waals surface area contributed by atoms with E-state index < -0.39 is 10.0 Å². The van der Waals surface area contributed by atoms with E-state index in [1.165, 1.54) is 10.4 Å². The number of aliphatic hydroxyl groups is 1. The van der Waals surface area contributed by atoms with E-state index in [9.17, 15) is 18.3 Å². The van der Waals surface area contributed by atoms with Gasteiger partial charge in [0.1, 0.15) is 0 Å². The fourth-order valence-corrected chi connectivity index (χ4v) is 6.38. The van der Waals surface area contributed by atoms with Crippen molar-refractivity contribution in [1.82, 2.24) is 9.21 Å². The Hall–Kier alpha value is -1.78. The molecule has 31 heavy (non-hydrogen) atoms. The van der Waals surface area contributed by atoms with E-state index in [0.717, 1.165) is 28.2 Å². The molecule has 0 saturated carbocycles. The van der Waals surface area contributed by atoms with E-state index in [0.29, 0.717) is 45.0 Å². The van der Waals surface area contributed by atoms with Gasteiger partial charge in [0.25, 0.3) is 5.91 Å². The van der Waals surface area contributed by atoms with Gasteiger partial charge in [-0.1, -0.05) is 0 Å².